The molecule has 2 rings (SSSR count). The average Bonchev–Trinajstić information content (AvgIpc) is 3.03. The highest BCUT2D eigenvalue weighted by molar-refractivity contribution is 14.0. The molecule has 1 aliphatic heterocycles. The van der Waals surface area contributed by atoms with Crippen LogP contribution < -0.4 is 10.6 Å². The second kappa shape index (κ2) is 10.9. The summed E-state index contributed by atoms with van der Waals surface area (Å²) in [5.74, 6) is 0.593. The van der Waals surface area contributed by atoms with Gasteiger partial charge in [0.2, 0.25) is 0 Å². The molecule has 1 aliphatic rings. The summed E-state index contributed by atoms with van der Waals surface area (Å²) in [6.07, 6.45) is 3.59. The maximum Gasteiger partial charge on any atom is 0.191 e. The Morgan fingerprint density at radius 2 is 2.25 bits per heavy atom. The lowest BCUT2D eigenvalue weighted by Gasteiger charge is -2.19. The molecular formula is C18H29FIN3O. The van der Waals surface area contributed by atoms with Crippen molar-refractivity contribution in [2.24, 2.45) is 4.99 Å². The van der Waals surface area contributed by atoms with Gasteiger partial charge >= 0.3 is 0 Å². The van der Waals surface area contributed by atoms with Gasteiger partial charge in [0.25, 0.3) is 0 Å². The molecule has 1 heterocycles. The molecule has 0 bridgehead atoms. The van der Waals surface area contributed by atoms with Crippen LogP contribution in [0.1, 0.15) is 50.3 Å². The van der Waals surface area contributed by atoms with Gasteiger partial charge in [0.15, 0.2) is 5.96 Å². The number of nitrogens with one attached hydrogen (secondary N) is 2. The smallest absolute Gasteiger partial charge is 0.191 e. The normalized spacial score (nSPS) is 18.8. The SMILES string of the molecule is CCNC(=NCCC1CCCO1)NC(C)c1ccc(C)c(F)c1.I. The zero-order valence-corrected chi connectivity index (χ0v) is 17.1. The summed E-state index contributed by atoms with van der Waals surface area (Å²) < 4.78 is 19.3. The Bertz CT molecular complexity index is 533. The van der Waals surface area contributed by atoms with Crippen molar-refractivity contribution in [3.63, 3.8) is 0 Å². The molecule has 0 saturated carbocycles. The standard InChI is InChI=1S/C18H28FN3O.HI/c1-4-20-18(21-10-9-16-6-5-11-23-16)22-14(3)15-8-7-13(2)17(19)12-15;/h7-8,12,14,16H,4-6,9-11H2,1-3H3,(H2,20,21,22);1H. The number of halogens is 2. The molecule has 4 nitrogen and oxygen atoms in total. The topological polar surface area (TPSA) is 45.7 Å². The molecule has 2 N–H and O–H groups in total. The summed E-state index contributed by atoms with van der Waals surface area (Å²) in [6, 6.07) is 5.34. The fourth-order valence-corrected chi connectivity index (χ4v) is 2.68. The Balaban J connectivity index is 0.00000288. The van der Waals surface area contributed by atoms with Crippen molar-refractivity contribution in [2.45, 2.75) is 52.2 Å². The number of aryl methyl sites for hydroxylation is 1. The molecule has 1 saturated heterocycles. The molecule has 136 valence electrons. The number of hydrogen-bond acceptors (Lipinski definition) is 2. The summed E-state index contributed by atoms with van der Waals surface area (Å²) in [7, 11) is 0. The van der Waals surface area contributed by atoms with Gasteiger partial charge in [-0.3, -0.25) is 4.99 Å². The van der Waals surface area contributed by atoms with E-state index in [2.05, 4.69) is 15.6 Å². The van der Waals surface area contributed by atoms with Crippen LogP contribution >= 0.6 is 24.0 Å². The van der Waals surface area contributed by atoms with Crippen molar-refractivity contribution in [3.05, 3.63) is 35.1 Å². The maximum absolute atomic E-state index is 13.7. The lowest BCUT2D eigenvalue weighted by molar-refractivity contribution is 0.106. The van der Waals surface area contributed by atoms with Crippen LogP contribution in [0.25, 0.3) is 0 Å². The number of rotatable bonds is 6. The van der Waals surface area contributed by atoms with Gasteiger partial charge in [-0.05, 0) is 57.2 Å². The van der Waals surface area contributed by atoms with E-state index in [0.717, 1.165) is 50.5 Å². The molecule has 1 fully saturated rings. The minimum atomic E-state index is -0.170. The molecule has 2 unspecified atom stereocenters. The minimum Gasteiger partial charge on any atom is -0.378 e. The van der Waals surface area contributed by atoms with Crippen LogP contribution in [-0.4, -0.2) is 31.8 Å². The Kier molecular flexibility index (Phi) is 9.58. The van der Waals surface area contributed by atoms with Gasteiger partial charge in [-0.1, -0.05) is 12.1 Å². The van der Waals surface area contributed by atoms with Crippen LogP contribution in [0, 0.1) is 12.7 Å². The van der Waals surface area contributed by atoms with Gasteiger partial charge in [0.1, 0.15) is 5.82 Å². The molecule has 0 radical (unpaired) electrons. The monoisotopic (exact) mass is 449 g/mol. The molecule has 6 heteroatoms. The zero-order chi connectivity index (χ0) is 16.7. The van der Waals surface area contributed by atoms with Gasteiger partial charge in [-0.2, -0.15) is 0 Å². The Morgan fingerprint density at radius 3 is 2.88 bits per heavy atom. The fraction of sp³-hybridized carbons (Fsp3) is 0.611. The van der Waals surface area contributed by atoms with Crippen molar-refractivity contribution < 1.29 is 9.13 Å². The van der Waals surface area contributed by atoms with E-state index in [1.165, 1.54) is 0 Å². The predicted molar refractivity (Wildman–Crippen MR) is 108 cm³/mol. The zero-order valence-electron chi connectivity index (χ0n) is 14.8. The minimum absolute atomic E-state index is 0. The van der Waals surface area contributed by atoms with Crippen LogP contribution in [0.4, 0.5) is 4.39 Å². The van der Waals surface area contributed by atoms with E-state index >= 15 is 0 Å². The van der Waals surface area contributed by atoms with Gasteiger partial charge in [0, 0.05) is 19.7 Å². The van der Waals surface area contributed by atoms with Gasteiger partial charge in [0.05, 0.1) is 12.1 Å². The summed E-state index contributed by atoms with van der Waals surface area (Å²) in [5, 5.41) is 6.58. The molecule has 2 atom stereocenters. The van der Waals surface area contributed by atoms with E-state index in [-0.39, 0.29) is 35.8 Å². The van der Waals surface area contributed by atoms with Gasteiger partial charge in [-0.25, -0.2) is 4.39 Å². The summed E-state index contributed by atoms with van der Waals surface area (Å²) >= 11 is 0. The van der Waals surface area contributed by atoms with Crippen LogP contribution in [0.15, 0.2) is 23.2 Å². The molecular weight excluding hydrogens is 420 g/mol. The third-order valence-electron chi connectivity index (χ3n) is 4.14. The number of nitrogens with zero attached hydrogens (tertiary/aromatic N) is 1. The van der Waals surface area contributed by atoms with Gasteiger partial charge in [-0.15, -0.1) is 24.0 Å². The van der Waals surface area contributed by atoms with E-state index in [9.17, 15) is 4.39 Å². The molecule has 0 aliphatic carbocycles. The van der Waals surface area contributed by atoms with E-state index < -0.39 is 0 Å². The van der Waals surface area contributed by atoms with Crippen LogP contribution in [0.2, 0.25) is 0 Å². The van der Waals surface area contributed by atoms with E-state index in [4.69, 9.17) is 4.74 Å². The molecule has 24 heavy (non-hydrogen) atoms. The van der Waals surface area contributed by atoms with Crippen molar-refractivity contribution in [2.75, 3.05) is 19.7 Å². The summed E-state index contributed by atoms with van der Waals surface area (Å²) in [5.41, 5.74) is 1.58. The predicted octanol–water partition coefficient (Wildman–Crippen LogP) is 3.94. The highest BCUT2D eigenvalue weighted by Crippen LogP contribution is 2.17. The molecule has 0 amide bonds. The summed E-state index contributed by atoms with van der Waals surface area (Å²) in [6.45, 7) is 8.22. The first-order chi connectivity index (χ1) is 11.1. The average molecular weight is 449 g/mol. The van der Waals surface area contributed by atoms with E-state index in [1.54, 1.807) is 13.0 Å². The highest BCUT2D eigenvalue weighted by Gasteiger charge is 2.15. The number of aliphatic imine (C=N–C) groups is 1. The Hall–Kier alpha value is -0.890. The third-order valence-corrected chi connectivity index (χ3v) is 4.14. The van der Waals surface area contributed by atoms with E-state index in [0.29, 0.717) is 11.7 Å². The van der Waals surface area contributed by atoms with Crippen molar-refractivity contribution in [1.29, 1.82) is 0 Å². The molecule has 0 spiro atoms. The first kappa shape index (κ1) is 21.2. The lowest BCUT2D eigenvalue weighted by atomic mass is 10.1. The Morgan fingerprint density at radius 1 is 1.46 bits per heavy atom. The van der Waals surface area contributed by atoms with Crippen LogP contribution in [0.5, 0.6) is 0 Å². The van der Waals surface area contributed by atoms with Crippen molar-refractivity contribution in [1.82, 2.24) is 10.6 Å². The number of benzene rings is 1. The van der Waals surface area contributed by atoms with Crippen molar-refractivity contribution >= 4 is 29.9 Å². The Labute approximate surface area is 161 Å². The van der Waals surface area contributed by atoms with E-state index in [1.807, 2.05) is 26.0 Å². The third kappa shape index (κ3) is 6.55. The fourth-order valence-electron chi connectivity index (χ4n) is 2.68. The highest BCUT2D eigenvalue weighted by atomic mass is 127. The quantitative estimate of drug-likeness (QED) is 0.393. The first-order valence-corrected chi connectivity index (χ1v) is 8.52. The lowest BCUT2D eigenvalue weighted by Crippen LogP contribution is -2.39. The van der Waals surface area contributed by atoms with Crippen LogP contribution in [-0.2, 0) is 4.74 Å². The number of guanidine groups is 1. The molecule has 0 aromatic heterocycles. The van der Waals surface area contributed by atoms with Crippen LogP contribution in [0.3, 0.4) is 0 Å². The largest absolute Gasteiger partial charge is 0.378 e. The second-order valence-corrected chi connectivity index (χ2v) is 6.06. The summed E-state index contributed by atoms with van der Waals surface area (Å²) in [4.78, 5) is 4.60. The first-order valence-electron chi connectivity index (χ1n) is 8.52. The number of ether oxygens (including phenoxy) is 1. The molecule has 1 aromatic carbocycles. The second-order valence-electron chi connectivity index (χ2n) is 6.06. The maximum atomic E-state index is 13.7. The van der Waals surface area contributed by atoms with Crippen molar-refractivity contribution in [3.8, 4) is 0 Å². The number of hydrogen-bond donors (Lipinski definition) is 2. The molecule has 1 aromatic rings. The van der Waals surface area contributed by atoms with Gasteiger partial charge < -0.3 is 15.4 Å².